The molecule has 6 nitrogen and oxygen atoms in total. The lowest BCUT2D eigenvalue weighted by molar-refractivity contribution is 0.102. The Bertz CT molecular complexity index is 1100. The molecule has 7 heteroatoms. The molecule has 140 valence electrons. The summed E-state index contributed by atoms with van der Waals surface area (Å²) in [5.41, 5.74) is 2.91. The summed E-state index contributed by atoms with van der Waals surface area (Å²) >= 11 is 1.52. The molecule has 4 aromatic rings. The Kier molecular flexibility index (Phi) is 4.90. The van der Waals surface area contributed by atoms with E-state index in [0.29, 0.717) is 22.7 Å². The van der Waals surface area contributed by atoms with Crippen molar-refractivity contribution in [1.29, 1.82) is 0 Å². The van der Waals surface area contributed by atoms with Crippen LogP contribution in [-0.2, 0) is 0 Å². The molecule has 0 aliphatic heterocycles. The second-order valence-corrected chi connectivity index (χ2v) is 6.96. The third-order valence-electron chi connectivity index (χ3n) is 4.15. The normalized spacial score (nSPS) is 10.6. The number of anilines is 1. The van der Waals surface area contributed by atoms with Gasteiger partial charge in [0.1, 0.15) is 26.9 Å². The van der Waals surface area contributed by atoms with Gasteiger partial charge < -0.3 is 14.8 Å². The number of aromatic nitrogens is 2. The molecule has 0 aliphatic carbocycles. The van der Waals surface area contributed by atoms with Gasteiger partial charge in [-0.1, -0.05) is 23.5 Å². The molecule has 2 heterocycles. The van der Waals surface area contributed by atoms with Gasteiger partial charge in [-0.2, -0.15) is 0 Å². The lowest BCUT2D eigenvalue weighted by Gasteiger charge is -2.10. The minimum Gasteiger partial charge on any atom is -0.497 e. The zero-order chi connectivity index (χ0) is 19.5. The average Bonchev–Trinajstić information content (AvgIpc) is 3.18. The Labute approximate surface area is 165 Å². The summed E-state index contributed by atoms with van der Waals surface area (Å²) in [4.78, 5) is 22.5. The molecule has 1 amide bonds. The SMILES string of the molecule is COc1cc(OC)cc(C(=O)Nc2cccc(-c3nc4cccnc4s3)c2)c1. The van der Waals surface area contributed by atoms with Crippen LogP contribution in [0.25, 0.3) is 20.9 Å². The molecule has 2 aromatic heterocycles. The molecule has 2 aromatic carbocycles. The molecule has 0 atom stereocenters. The number of rotatable bonds is 5. The molecular formula is C21H17N3O3S. The van der Waals surface area contributed by atoms with Gasteiger partial charge in [-0.05, 0) is 36.4 Å². The Hall–Kier alpha value is -3.45. The van der Waals surface area contributed by atoms with Crippen molar-refractivity contribution in [3.63, 3.8) is 0 Å². The lowest BCUT2D eigenvalue weighted by atomic mass is 10.1. The van der Waals surface area contributed by atoms with Crippen LogP contribution in [-0.4, -0.2) is 30.1 Å². The summed E-state index contributed by atoms with van der Waals surface area (Å²) in [5, 5.41) is 3.77. The van der Waals surface area contributed by atoms with E-state index in [1.165, 1.54) is 11.3 Å². The van der Waals surface area contributed by atoms with E-state index in [4.69, 9.17) is 9.47 Å². The number of thiazole rings is 1. The highest BCUT2D eigenvalue weighted by Crippen LogP contribution is 2.30. The number of amides is 1. The van der Waals surface area contributed by atoms with Crippen molar-refractivity contribution >= 4 is 33.3 Å². The van der Waals surface area contributed by atoms with Crippen LogP contribution in [0.3, 0.4) is 0 Å². The van der Waals surface area contributed by atoms with Crippen LogP contribution >= 0.6 is 11.3 Å². The second kappa shape index (κ2) is 7.66. The van der Waals surface area contributed by atoms with Gasteiger partial charge in [0.2, 0.25) is 0 Å². The number of methoxy groups -OCH3 is 2. The number of carbonyl (C=O) groups is 1. The van der Waals surface area contributed by atoms with Crippen molar-refractivity contribution in [1.82, 2.24) is 9.97 Å². The van der Waals surface area contributed by atoms with Crippen LogP contribution in [0.5, 0.6) is 11.5 Å². The predicted octanol–water partition coefficient (Wildman–Crippen LogP) is 4.63. The van der Waals surface area contributed by atoms with Gasteiger partial charge in [-0.15, -0.1) is 0 Å². The zero-order valence-corrected chi connectivity index (χ0v) is 16.1. The summed E-state index contributed by atoms with van der Waals surface area (Å²) in [6, 6.07) is 16.4. The van der Waals surface area contributed by atoms with Gasteiger partial charge in [0.15, 0.2) is 0 Å². The molecule has 0 saturated carbocycles. The van der Waals surface area contributed by atoms with Gasteiger partial charge in [0.25, 0.3) is 5.91 Å². The molecular weight excluding hydrogens is 374 g/mol. The largest absolute Gasteiger partial charge is 0.497 e. The Morgan fingerprint density at radius 1 is 1.00 bits per heavy atom. The first kappa shape index (κ1) is 17.9. The smallest absolute Gasteiger partial charge is 0.255 e. The van der Waals surface area contributed by atoms with E-state index in [1.807, 2.05) is 36.4 Å². The molecule has 0 spiro atoms. The predicted molar refractivity (Wildman–Crippen MR) is 110 cm³/mol. The van der Waals surface area contributed by atoms with E-state index in [1.54, 1.807) is 38.6 Å². The van der Waals surface area contributed by atoms with Crippen LogP contribution in [0.15, 0.2) is 60.8 Å². The van der Waals surface area contributed by atoms with Crippen LogP contribution in [0.1, 0.15) is 10.4 Å². The summed E-state index contributed by atoms with van der Waals surface area (Å²) in [6.07, 6.45) is 1.75. The highest BCUT2D eigenvalue weighted by Gasteiger charge is 2.12. The topological polar surface area (TPSA) is 73.3 Å². The third-order valence-corrected chi connectivity index (χ3v) is 5.18. The molecule has 1 N–H and O–H groups in total. The number of ether oxygens (including phenoxy) is 2. The van der Waals surface area contributed by atoms with Gasteiger partial charge >= 0.3 is 0 Å². The fraction of sp³-hybridized carbons (Fsp3) is 0.0952. The maximum atomic E-state index is 12.7. The standard InChI is InChI=1S/C21H17N3O3S/c1-26-16-10-14(11-17(12-16)27-2)19(25)23-15-6-3-5-13(9-15)20-24-18-7-4-8-22-21(18)28-20/h3-12H,1-2H3,(H,23,25). The van der Waals surface area contributed by atoms with Crippen molar-refractivity contribution in [2.75, 3.05) is 19.5 Å². The molecule has 0 fully saturated rings. The maximum Gasteiger partial charge on any atom is 0.255 e. The van der Waals surface area contributed by atoms with E-state index in [9.17, 15) is 4.79 Å². The number of benzene rings is 2. The van der Waals surface area contributed by atoms with Gasteiger partial charge in [0, 0.05) is 29.1 Å². The fourth-order valence-electron chi connectivity index (χ4n) is 2.77. The minimum absolute atomic E-state index is 0.250. The number of pyridine rings is 1. The van der Waals surface area contributed by atoms with Crippen molar-refractivity contribution in [3.8, 4) is 22.1 Å². The van der Waals surface area contributed by atoms with Crippen molar-refractivity contribution in [2.45, 2.75) is 0 Å². The number of hydrogen-bond acceptors (Lipinski definition) is 6. The van der Waals surface area contributed by atoms with E-state index >= 15 is 0 Å². The van der Waals surface area contributed by atoms with Crippen molar-refractivity contribution in [2.24, 2.45) is 0 Å². The first-order valence-corrected chi connectivity index (χ1v) is 9.34. The summed E-state index contributed by atoms with van der Waals surface area (Å²) < 4.78 is 10.5. The molecule has 0 unspecified atom stereocenters. The molecule has 0 aliphatic rings. The van der Waals surface area contributed by atoms with E-state index in [-0.39, 0.29) is 5.91 Å². The second-order valence-electron chi connectivity index (χ2n) is 5.98. The Balaban J connectivity index is 1.60. The number of nitrogens with zero attached hydrogens (tertiary/aromatic N) is 2. The fourth-order valence-corrected chi connectivity index (χ4v) is 3.67. The van der Waals surface area contributed by atoms with E-state index in [0.717, 1.165) is 20.9 Å². The van der Waals surface area contributed by atoms with E-state index in [2.05, 4.69) is 15.3 Å². The van der Waals surface area contributed by atoms with Crippen LogP contribution < -0.4 is 14.8 Å². The molecule has 4 rings (SSSR count). The average molecular weight is 391 g/mol. The number of carbonyl (C=O) groups excluding carboxylic acids is 1. The van der Waals surface area contributed by atoms with Gasteiger partial charge in [-0.25, -0.2) is 9.97 Å². The quantitative estimate of drug-likeness (QED) is 0.537. The number of nitrogens with one attached hydrogen (secondary N) is 1. The first-order valence-electron chi connectivity index (χ1n) is 8.52. The zero-order valence-electron chi connectivity index (χ0n) is 15.3. The maximum absolute atomic E-state index is 12.7. The third kappa shape index (κ3) is 3.65. The number of hydrogen-bond donors (Lipinski definition) is 1. The summed E-state index contributed by atoms with van der Waals surface area (Å²) in [7, 11) is 3.10. The monoisotopic (exact) mass is 391 g/mol. The van der Waals surface area contributed by atoms with Crippen LogP contribution in [0.4, 0.5) is 5.69 Å². The van der Waals surface area contributed by atoms with Crippen molar-refractivity contribution < 1.29 is 14.3 Å². The molecule has 0 bridgehead atoms. The van der Waals surface area contributed by atoms with Crippen molar-refractivity contribution in [3.05, 3.63) is 66.4 Å². The number of fused-ring (bicyclic) bond motifs is 1. The molecule has 28 heavy (non-hydrogen) atoms. The lowest BCUT2D eigenvalue weighted by Crippen LogP contribution is -2.12. The highest BCUT2D eigenvalue weighted by molar-refractivity contribution is 7.21. The van der Waals surface area contributed by atoms with Gasteiger partial charge in [-0.3, -0.25) is 4.79 Å². The molecule has 0 radical (unpaired) electrons. The van der Waals surface area contributed by atoms with Crippen LogP contribution in [0, 0.1) is 0 Å². The minimum atomic E-state index is -0.250. The highest BCUT2D eigenvalue weighted by atomic mass is 32.1. The Morgan fingerprint density at radius 3 is 2.50 bits per heavy atom. The molecule has 0 saturated heterocycles. The first-order chi connectivity index (χ1) is 13.7. The summed E-state index contributed by atoms with van der Waals surface area (Å²) in [6.45, 7) is 0. The van der Waals surface area contributed by atoms with Gasteiger partial charge in [0.05, 0.1) is 14.2 Å². The Morgan fingerprint density at radius 2 is 1.79 bits per heavy atom. The van der Waals surface area contributed by atoms with E-state index < -0.39 is 0 Å². The summed E-state index contributed by atoms with van der Waals surface area (Å²) in [5.74, 6) is 0.862. The van der Waals surface area contributed by atoms with Crippen LogP contribution in [0.2, 0.25) is 0 Å².